The molecule has 2 N–H and O–H groups in total. The van der Waals surface area contributed by atoms with Crippen LogP contribution >= 0.6 is 11.6 Å². The molecule has 5 heteroatoms. The largest absolute Gasteiger partial charge is 0.330 e. The summed E-state index contributed by atoms with van der Waals surface area (Å²) in [5.41, 5.74) is 6.96. The molecule has 1 aromatic carbocycles. The molecule has 0 saturated heterocycles. The Bertz CT molecular complexity index is 439. The maximum atomic E-state index is 10.6. The Balaban J connectivity index is 2.19. The number of halogens is 1. The van der Waals surface area contributed by atoms with Gasteiger partial charge in [-0.05, 0) is 36.8 Å². The van der Waals surface area contributed by atoms with Crippen LogP contribution in [0.25, 0.3) is 0 Å². The number of hydrogen-bond acceptors (Lipinski definition) is 3. The number of rotatable bonds is 4. The minimum absolute atomic E-state index is 0.0363. The van der Waals surface area contributed by atoms with Gasteiger partial charge in [0.2, 0.25) is 0 Å². The molecule has 2 rings (SSSR count). The lowest BCUT2D eigenvalue weighted by Crippen LogP contribution is -2.39. The van der Waals surface area contributed by atoms with Crippen molar-refractivity contribution in [3.63, 3.8) is 0 Å². The molecule has 92 valence electrons. The number of benzene rings is 1. The van der Waals surface area contributed by atoms with E-state index >= 15 is 0 Å². The summed E-state index contributed by atoms with van der Waals surface area (Å²) in [6.45, 7) is 0.653. The van der Waals surface area contributed by atoms with Gasteiger partial charge in [-0.15, -0.1) is 0 Å². The zero-order chi connectivity index (χ0) is 12.5. The van der Waals surface area contributed by atoms with E-state index in [1.807, 2.05) is 0 Å². The third-order valence-corrected chi connectivity index (χ3v) is 4.01. The summed E-state index contributed by atoms with van der Waals surface area (Å²) in [6.07, 6.45) is 4.27. The predicted molar refractivity (Wildman–Crippen MR) is 67.1 cm³/mol. The van der Waals surface area contributed by atoms with E-state index < -0.39 is 4.92 Å². The monoisotopic (exact) mass is 254 g/mol. The normalized spacial score (nSPS) is 17.5. The molecule has 0 aromatic heterocycles. The lowest BCUT2D eigenvalue weighted by atomic mass is 9.65. The number of nitro groups is 1. The summed E-state index contributed by atoms with van der Waals surface area (Å²) in [6, 6.07) is 4.67. The maximum absolute atomic E-state index is 10.6. The average Bonchev–Trinajstić information content (AvgIpc) is 2.25. The molecule has 1 aliphatic carbocycles. The van der Waals surface area contributed by atoms with Gasteiger partial charge in [-0.25, -0.2) is 0 Å². The second-order valence-electron chi connectivity index (χ2n) is 4.77. The first kappa shape index (κ1) is 12.3. The van der Waals surface area contributed by atoms with Gasteiger partial charge in [-0.3, -0.25) is 10.1 Å². The highest BCUT2D eigenvalue weighted by Gasteiger charge is 2.36. The molecule has 0 aliphatic heterocycles. The summed E-state index contributed by atoms with van der Waals surface area (Å²) in [5, 5.41) is 11.1. The second-order valence-corrected chi connectivity index (χ2v) is 5.17. The first-order valence-corrected chi connectivity index (χ1v) is 6.07. The second kappa shape index (κ2) is 4.63. The van der Waals surface area contributed by atoms with Gasteiger partial charge >= 0.3 is 0 Å². The number of nitrogens with zero attached hydrogens (tertiary/aromatic N) is 1. The van der Waals surface area contributed by atoms with Crippen molar-refractivity contribution in [2.24, 2.45) is 11.1 Å². The Morgan fingerprint density at radius 2 is 2.18 bits per heavy atom. The minimum Gasteiger partial charge on any atom is -0.330 e. The van der Waals surface area contributed by atoms with Gasteiger partial charge in [0, 0.05) is 12.1 Å². The van der Waals surface area contributed by atoms with Gasteiger partial charge in [0.25, 0.3) is 5.69 Å². The Kier molecular flexibility index (Phi) is 3.35. The summed E-state index contributed by atoms with van der Waals surface area (Å²) < 4.78 is 0. The van der Waals surface area contributed by atoms with E-state index in [2.05, 4.69) is 0 Å². The first-order chi connectivity index (χ1) is 8.06. The van der Waals surface area contributed by atoms with Gasteiger partial charge in [0.05, 0.1) is 9.95 Å². The van der Waals surface area contributed by atoms with Crippen LogP contribution in [-0.4, -0.2) is 11.5 Å². The highest BCUT2D eigenvalue weighted by atomic mass is 35.5. The van der Waals surface area contributed by atoms with Gasteiger partial charge in [-0.2, -0.15) is 0 Å². The molecule has 4 nitrogen and oxygen atoms in total. The highest BCUT2D eigenvalue weighted by molar-refractivity contribution is 6.31. The average molecular weight is 255 g/mol. The van der Waals surface area contributed by atoms with Crippen LogP contribution in [0.1, 0.15) is 24.8 Å². The van der Waals surface area contributed by atoms with E-state index in [1.165, 1.54) is 18.6 Å². The van der Waals surface area contributed by atoms with Gasteiger partial charge in [0.1, 0.15) is 0 Å². The fourth-order valence-corrected chi connectivity index (χ4v) is 2.57. The van der Waals surface area contributed by atoms with E-state index in [1.54, 1.807) is 6.07 Å². The molecule has 0 bridgehead atoms. The van der Waals surface area contributed by atoms with E-state index in [-0.39, 0.29) is 11.1 Å². The molecule has 0 atom stereocenters. The highest BCUT2D eigenvalue weighted by Crippen LogP contribution is 2.43. The number of nitrogens with two attached hydrogens (primary N) is 1. The van der Waals surface area contributed by atoms with Crippen LogP contribution in [0.15, 0.2) is 18.2 Å². The van der Waals surface area contributed by atoms with Crippen molar-refractivity contribution in [2.45, 2.75) is 25.7 Å². The first-order valence-electron chi connectivity index (χ1n) is 5.69. The Hall–Kier alpha value is -1.13. The van der Waals surface area contributed by atoms with E-state index in [4.69, 9.17) is 17.3 Å². The molecule has 0 unspecified atom stereocenters. The van der Waals surface area contributed by atoms with Gasteiger partial charge < -0.3 is 5.73 Å². The molecule has 0 amide bonds. The van der Waals surface area contributed by atoms with Crippen molar-refractivity contribution < 1.29 is 4.92 Å². The molecule has 1 fully saturated rings. The van der Waals surface area contributed by atoms with Crippen LogP contribution in [0.3, 0.4) is 0 Å². The molecular formula is C12H15ClN2O2. The molecule has 0 spiro atoms. The summed E-state index contributed by atoms with van der Waals surface area (Å²) >= 11 is 6.07. The standard InChI is InChI=1S/C12H15ClN2O2/c13-11-6-10(15(16)17)3-2-9(11)7-12(8-14)4-1-5-12/h2-3,6H,1,4-5,7-8,14H2. The van der Waals surface area contributed by atoms with E-state index in [0.717, 1.165) is 24.8 Å². The van der Waals surface area contributed by atoms with Crippen LogP contribution in [0.2, 0.25) is 5.02 Å². The Labute approximate surface area is 105 Å². The van der Waals surface area contributed by atoms with E-state index in [9.17, 15) is 10.1 Å². The SMILES string of the molecule is NCC1(Cc2ccc([N+](=O)[O-])cc2Cl)CCC1. The summed E-state index contributed by atoms with van der Waals surface area (Å²) in [7, 11) is 0. The quantitative estimate of drug-likeness (QED) is 0.663. The zero-order valence-corrected chi connectivity index (χ0v) is 10.2. The number of nitro benzene ring substituents is 1. The van der Waals surface area contributed by atoms with Crippen molar-refractivity contribution in [1.82, 2.24) is 0 Å². The van der Waals surface area contributed by atoms with Crippen LogP contribution in [0, 0.1) is 15.5 Å². The van der Waals surface area contributed by atoms with Crippen LogP contribution in [-0.2, 0) is 6.42 Å². The lowest BCUT2D eigenvalue weighted by Gasteiger charge is -2.41. The molecule has 1 saturated carbocycles. The Morgan fingerprint density at radius 1 is 1.47 bits per heavy atom. The van der Waals surface area contributed by atoms with E-state index in [0.29, 0.717) is 11.6 Å². The fraction of sp³-hybridized carbons (Fsp3) is 0.500. The topological polar surface area (TPSA) is 69.2 Å². The van der Waals surface area contributed by atoms with Crippen LogP contribution in [0.4, 0.5) is 5.69 Å². The fourth-order valence-electron chi connectivity index (χ4n) is 2.33. The van der Waals surface area contributed by atoms with Crippen molar-refractivity contribution in [1.29, 1.82) is 0 Å². The van der Waals surface area contributed by atoms with Crippen molar-refractivity contribution in [3.05, 3.63) is 38.9 Å². The molecule has 1 aliphatic rings. The van der Waals surface area contributed by atoms with Crippen LogP contribution < -0.4 is 5.73 Å². The van der Waals surface area contributed by atoms with Crippen molar-refractivity contribution in [3.8, 4) is 0 Å². The number of hydrogen-bond donors (Lipinski definition) is 1. The smallest absolute Gasteiger partial charge is 0.270 e. The predicted octanol–water partition coefficient (Wildman–Crippen LogP) is 2.92. The summed E-state index contributed by atoms with van der Waals surface area (Å²) in [5.74, 6) is 0. The van der Waals surface area contributed by atoms with Crippen molar-refractivity contribution >= 4 is 17.3 Å². The zero-order valence-electron chi connectivity index (χ0n) is 9.49. The van der Waals surface area contributed by atoms with Crippen LogP contribution in [0.5, 0.6) is 0 Å². The number of non-ortho nitro benzene ring substituents is 1. The minimum atomic E-state index is -0.433. The molecule has 17 heavy (non-hydrogen) atoms. The molecular weight excluding hydrogens is 240 g/mol. The lowest BCUT2D eigenvalue weighted by molar-refractivity contribution is -0.384. The molecule has 1 aromatic rings. The Morgan fingerprint density at radius 3 is 2.59 bits per heavy atom. The third-order valence-electron chi connectivity index (χ3n) is 3.66. The maximum Gasteiger partial charge on any atom is 0.270 e. The van der Waals surface area contributed by atoms with Gasteiger partial charge in [0.15, 0.2) is 0 Å². The molecule has 0 heterocycles. The van der Waals surface area contributed by atoms with Gasteiger partial charge in [-0.1, -0.05) is 24.1 Å². The molecule has 0 radical (unpaired) electrons. The van der Waals surface area contributed by atoms with Crippen molar-refractivity contribution in [2.75, 3.05) is 6.54 Å². The third kappa shape index (κ3) is 2.42. The summed E-state index contributed by atoms with van der Waals surface area (Å²) in [4.78, 5) is 10.2.